The Morgan fingerprint density at radius 2 is 1.78 bits per heavy atom. The van der Waals surface area contributed by atoms with Crippen LogP contribution in [0.5, 0.6) is 0 Å². The molecule has 1 unspecified atom stereocenters. The topological polar surface area (TPSA) is 118 Å². The molecule has 27 heavy (non-hydrogen) atoms. The van der Waals surface area contributed by atoms with Crippen LogP contribution in [0.4, 0.5) is 0 Å². The van der Waals surface area contributed by atoms with Crippen molar-refractivity contribution in [2.24, 2.45) is 0 Å². The minimum absolute atomic E-state index is 0.00517. The first-order chi connectivity index (χ1) is 12.6. The minimum atomic E-state index is -4.08. The molecule has 0 fully saturated rings. The van der Waals surface area contributed by atoms with Crippen molar-refractivity contribution in [3.63, 3.8) is 0 Å². The van der Waals surface area contributed by atoms with Crippen molar-refractivity contribution < 1.29 is 23.1 Å². The number of aromatic nitrogens is 2. The SMILES string of the molecule is CC(C)(C)OCCC(NS(=O)(=O)c1cnc(-c2ccccc2)nc1)C(=O)O. The van der Waals surface area contributed by atoms with E-state index in [1.54, 1.807) is 12.1 Å². The number of rotatable bonds is 8. The molecule has 0 saturated carbocycles. The first-order valence-corrected chi connectivity index (χ1v) is 9.83. The lowest BCUT2D eigenvalue weighted by Crippen LogP contribution is -2.42. The second-order valence-corrected chi connectivity index (χ2v) is 8.58. The fourth-order valence-electron chi connectivity index (χ4n) is 2.16. The maximum Gasteiger partial charge on any atom is 0.321 e. The summed E-state index contributed by atoms with van der Waals surface area (Å²) in [6.45, 7) is 5.60. The number of carbonyl (C=O) groups is 1. The van der Waals surface area contributed by atoms with Gasteiger partial charge in [0.05, 0.1) is 18.0 Å². The minimum Gasteiger partial charge on any atom is -0.480 e. The predicted octanol–water partition coefficient (Wildman–Crippen LogP) is 2.08. The van der Waals surface area contributed by atoms with Gasteiger partial charge < -0.3 is 9.84 Å². The smallest absolute Gasteiger partial charge is 0.321 e. The predicted molar refractivity (Wildman–Crippen MR) is 99.5 cm³/mol. The molecule has 2 N–H and O–H groups in total. The van der Waals surface area contributed by atoms with Crippen molar-refractivity contribution in [1.29, 1.82) is 0 Å². The molecule has 9 heteroatoms. The number of carboxylic acid groups (broad SMARTS) is 1. The van der Waals surface area contributed by atoms with E-state index in [-0.39, 0.29) is 17.9 Å². The molecule has 0 spiro atoms. The fourth-order valence-corrected chi connectivity index (χ4v) is 3.27. The zero-order valence-electron chi connectivity index (χ0n) is 15.4. The van der Waals surface area contributed by atoms with E-state index in [4.69, 9.17) is 4.74 Å². The third kappa shape index (κ3) is 6.38. The zero-order valence-corrected chi connectivity index (χ0v) is 16.2. The number of hydrogen-bond donors (Lipinski definition) is 2. The second-order valence-electron chi connectivity index (χ2n) is 6.87. The summed E-state index contributed by atoms with van der Waals surface area (Å²) in [7, 11) is -4.08. The van der Waals surface area contributed by atoms with Gasteiger partial charge in [0.2, 0.25) is 10.0 Å². The summed E-state index contributed by atoms with van der Waals surface area (Å²) in [6.07, 6.45) is 2.30. The molecule has 0 aliphatic heterocycles. The van der Waals surface area contributed by atoms with Crippen LogP contribution in [0.15, 0.2) is 47.6 Å². The average Bonchev–Trinajstić information content (AvgIpc) is 2.60. The number of aliphatic carboxylic acids is 1. The van der Waals surface area contributed by atoms with Crippen LogP contribution < -0.4 is 4.72 Å². The van der Waals surface area contributed by atoms with Gasteiger partial charge in [-0.3, -0.25) is 4.79 Å². The van der Waals surface area contributed by atoms with Gasteiger partial charge >= 0.3 is 5.97 Å². The first-order valence-electron chi connectivity index (χ1n) is 8.35. The molecule has 146 valence electrons. The van der Waals surface area contributed by atoms with E-state index >= 15 is 0 Å². The van der Waals surface area contributed by atoms with Crippen molar-refractivity contribution in [2.45, 2.75) is 43.7 Å². The Morgan fingerprint density at radius 3 is 2.30 bits per heavy atom. The Bertz CT molecular complexity index is 862. The van der Waals surface area contributed by atoms with Crippen molar-refractivity contribution in [1.82, 2.24) is 14.7 Å². The van der Waals surface area contributed by atoms with Gasteiger partial charge in [0.15, 0.2) is 5.82 Å². The Balaban J connectivity index is 2.10. The molecule has 8 nitrogen and oxygen atoms in total. The Hall–Kier alpha value is -2.36. The van der Waals surface area contributed by atoms with E-state index in [0.717, 1.165) is 18.0 Å². The van der Waals surface area contributed by atoms with Crippen LogP contribution in [-0.2, 0) is 19.6 Å². The number of carboxylic acids is 1. The molecule has 0 aliphatic rings. The number of nitrogens with zero attached hydrogens (tertiary/aromatic N) is 2. The molecule has 1 atom stereocenters. The quantitative estimate of drug-likeness (QED) is 0.705. The fraction of sp³-hybridized carbons (Fsp3) is 0.389. The van der Waals surface area contributed by atoms with Crippen LogP contribution in [0.2, 0.25) is 0 Å². The van der Waals surface area contributed by atoms with Crippen LogP contribution in [-0.4, -0.2) is 47.7 Å². The van der Waals surface area contributed by atoms with Gasteiger partial charge in [-0.2, -0.15) is 4.72 Å². The lowest BCUT2D eigenvalue weighted by Gasteiger charge is -2.21. The van der Waals surface area contributed by atoms with Gasteiger partial charge in [0.25, 0.3) is 0 Å². The molecule has 0 aliphatic carbocycles. The first kappa shape index (κ1) is 20.9. The van der Waals surface area contributed by atoms with Crippen LogP contribution in [0, 0.1) is 0 Å². The number of nitrogens with one attached hydrogen (secondary N) is 1. The van der Waals surface area contributed by atoms with Gasteiger partial charge in [-0.15, -0.1) is 0 Å². The summed E-state index contributed by atoms with van der Waals surface area (Å²) >= 11 is 0. The van der Waals surface area contributed by atoms with Crippen molar-refractivity contribution in [2.75, 3.05) is 6.61 Å². The summed E-state index contributed by atoms with van der Waals surface area (Å²) in [6, 6.07) is 7.78. The normalized spacial score (nSPS) is 13.3. The van der Waals surface area contributed by atoms with Gasteiger partial charge in [0, 0.05) is 12.2 Å². The molecule has 2 aromatic rings. The number of sulfonamides is 1. The van der Waals surface area contributed by atoms with Crippen molar-refractivity contribution in [3.05, 3.63) is 42.7 Å². The van der Waals surface area contributed by atoms with E-state index < -0.39 is 27.6 Å². The highest BCUT2D eigenvalue weighted by Gasteiger charge is 2.26. The summed E-state index contributed by atoms with van der Waals surface area (Å²) in [5.74, 6) is -0.902. The Labute approximate surface area is 158 Å². The summed E-state index contributed by atoms with van der Waals surface area (Å²) in [5, 5.41) is 9.29. The van der Waals surface area contributed by atoms with Crippen LogP contribution in [0.1, 0.15) is 27.2 Å². The molecular formula is C18H23N3O5S. The van der Waals surface area contributed by atoms with E-state index in [1.807, 2.05) is 39.0 Å². The van der Waals surface area contributed by atoms with Gasteiger partial charge in [0.1, 0.15) is 10.9 Å². The molecular weight excluding hydrogens is 370 g/mol. The summed E-state index contributed by atoms with van der Waals surface area (Å²) < 4.78 is 32.6. The molecule has 0 saturated heterocycles. The summed E-state index contributed by atoms with van der Waals surface area (Å²) in [4.78, 5) is 19.3. The van der Waals surface area contributed by atoms with Gasteiger partial charge in [-0.25, -0.2) is 18.4 Å². The molecule has 1 aromatic carbocycles. The molecule has 0 amide bonds. The monoisotopic (exact) mass is 393 g/mol. The zero-order chi connectivity index (χ0) is 20.1. The molecule has 0 bridgehead atoms. The maximum atomic E-state index is 12.5. The highest BCUT2D eigenvalue weighted by Crippen LogP contribution is 2.16. The van der Waals surface area contributed by atoms with E-state index in [1.165, 1.54) is 0 Å². The summed E-state index contributed by atoms with van der Waals surface area (Å²) in [5.41, 5.74) is 0.306. The largest absolute Gasteiger partial charge is 0.480 e. The van der Waals surface area contributed by atoms with Crippen LogP contribution in [0.25, 0.3) is 11.4 Å². The van der Waals surface area contributed by atoms with Gasteiger partial charge in [-0.1, -0.05) is 30.3 Å². The number of hydrogen-bond acceptors (Lipinski definition) is 6. The molecule has 0 radical (unpaired) electrons. The molecule has 2 rings (SSSR count). The lowest BCUT2D eigenvalue weighted by molar-refractivity contribution is -0.139. The van der Waals surface area contributed by atoms with E-state index in [0.29, 0.717) is 5.82 Å². The highest BCUT2D eigenvalue weighted by molar-refractivity contribution is 7.89. The highest BCUT2D eigenvalue weighted by atomic mass is 32.2. The second kappa shape index (κ2) is 8.55. The van der Waals surface area contributed by atoms with Crippen LogP contribution in [0.3, 0.4) is 0 Å². The standard InChI is InChI=1S/C18H23N3O5S/c1-18(2,3)26-10-9-15(17(22)23)21-27(24,25)14-11-19-16(20-12-14)13-7-5-4-6-8-13/h4-8,11-12,15,21H,9-10H2,1-3H3,(H,22,23). The van der Waals surface area contributed by atoms with E-state index in [9.17, 15) is 18.3 Å². The third-order valence-corrected chi connectivity index (χ3v) is 4.93. The van der Waals surface area contributed by atoms with Crippen LogP contribution >= 0.6 is 0 Å². The lowest BCUT2D eigenvalue weighted by atomic mass is 10.2. The molecule has 1 heterocycles. The Kier molecular flexibility index (Phi) is 6.63. The van der Waals surface area contributed by atoms with E-state index in [2.05, 4.69) is 14.7 Å². The third-order valence-electron chi connectivity index (χ3n) is 3.51. The maximum absolute atomic E-state index is 12.5. The van der Waals surface area contributed by atoms with Crippen molar-refractivity contribution >= 4 is 16.0 Å². The van der Waals surface area contributed by atoms with Gasteiger partial charge in [-0.05, 0) is 27.2 Å². The molecule has 1 aromatic heterocycles. The number of ether oxygens (including phenoxy) is 1. The van der Waals surface area contributed by atoms with Crippen molar-refractivity contribution in [3.8, 4) is 11.4 Å². The Morgan fingerprint density at radius 1 is 1.19 bits per heavy atom. The average molecular weight is 393 g/mol. The number of benzene rings is 1.